The Morgan fingerprint density at radius 2 is 1.96 bits per heavy atom. The van der Waals surface area contributed by atoms with E-state index in [4.69, 9.17) is 4.65 Å². The summed E-state index contributed by atoms with van der Waals surface area (Å²) in [6, 6.07) is 7.83. The van der Waals surface area contributed by atoms with Crippen molar-refractivity contribution in [1.82, 2.24) is 4.90 Å². The molecular formula is C19H30BFNOPS. The van der Waals surface area contributed by atoms with Gasteiger partial charge in [0, 0.05) is 12.6 Å². The van der Waals surface area contributed by atoms with Gasteiger partial charge in [-0.15, -0.1) is 9.12 Å². The zero-order chi connectivity index (χ0) is 17.9. The molecule has 1 aliphatic heterocycles. The number of nitrogens with zero attached hydrogens (tertiary/aromatic N) is 1. The van der Waals surface area contributed by atoms with Crippen LogP contribution in [0.5, 0.6) is 0 Å². The van der Waals surface area contributed by atoms with E-state index in [9.17, 15) is 4.39 Å². The predicted octanol–water partition coefficient (Wildman–Crippen LogP) is 4.76. The van der Waals surface area contributed by atoms with Gasteiger partial charge in [-0.25, -0.2) is 4.39 Å². The molecule has 1 aliphatic carbocycles. The Balaban J connectivity index is 1.46. The van der Waals surface area contributed by atoms with Crippen LogP contribution >= 0.6 is 21.6 Å². The van der Waals surface area contributed by atoms with Crippen LogP contribution in [0.25, 0.3) is 0 Å². The van der Waals surface area contributed by atoms with Crippen molar-refractivity contribution in [3.8, 4) is 0 Å². The summed E-state index contributed by atoms with van der Waals surface area (Å²) >= 11 is 4.26. The highest BCUT2D eigenvalue weighted by Gasteiger charge is 2.38. The monoisotopic (exact) mass is 381 g/mol. The predicted molar refractivity (Wildman–Crippen MR) is 111 cm³/mol. The standard InChI is InChI=1S/C19H30BFNOPS/c1-19(10-13-23-20(24)25)9-6-18(14-19)22-11-7-16(8-12-22)15-2-4-17(21)5-3-15/h2-5,16,18,25H,6-14,24H2,1H3. The normalized spacial score (nSPS) is 28.4. The van der Waals surface area contributed by atoms with Gasteiger partial charge in [-0.1, -0.05) is 19.1 Å². The molecule has 1 saturated heterocycles. The third-order valence-corrected chi connectivity index (χ3v) is 6.53. The molecule has 1 aromatic carbocycles. The van der Waals surface area contributed by atoms with Crippen LogP contribution in [-0.4, -0.2) is 36.6 Å². The molecule has 0 spiro atoms. The minimum atomic E-state index is -0.138. The Kier molecular flexibility index (Phi) is 6.87. The van der Waals surface area contributed by atoms with Gasteiger partial charge in [0.2, 0.25) is 0 Å². The quantitative estimate of drug-likeness (QED) is 0.433. The van der Waals surface area contributed by atoms with E-state index in [1.165, 1.54) is 50.8 Å². The summed E-state index contributed by atoms with van der Waals surface area (Å²) < 4.78 is 18.7. The van der Waals surface area contributed by atoms with Crippen molar-refractivity contribution >= 4 is 27.5 Å². The molecule has 2 nitrogen and oxygen atoms in total. The van der Waals surface area contributed by atoms with Crippen molar-refractivity contribution < 1.29 is 9.04 Å². The Hall–Kier alpha value is -0.0851. The van der Waals surface area contributed by atoms with Crippen molar-refractivity contribution in [2.75, 3.05) is 19.7 Å². The molecule has 0 bridgehead atoms. The second-order valence-corrected chi connectivity index (χ2v) is 9.76. The molecule has 0 amide bonds. The first kappa shape index (κ1) is 19.7. The SMILES string of the molecule is CC1(CCOB(P)S)CCC(N2CCC(c3ccc(F)cc3)CC2)C1. The molecule has 138 valence electrons. The molecule has 25 heavy (non-hydrogen) atoms. The topological polar surface area (TPSA) is 12.5 Å². The first-order valence-corrected chi connectivity index (χ1v) is 10.7. The number of thiol groups is 1. The van der Waals surface area contributed by atoms with Gasteiger partial charge in [-0.2, -0.15) is 12.5 Å². The van der Waals surface area contributed by atoms with Crippen LogP contribution in [0.1, 0.15) is 56.9 Å². The molecule has 1 aromatic rings. The zero-order valence-electron chi connectivity index (χ0n) is 15.2. The van der Waals surface area contributed by atoms with Gasteiger partial charge in [-0.3, -0.25) is 0 Å². The minimum absolute atomic E-state index is 0.0497. The van der Waals surface area contributed by atoms with E-state index < -0.39 is 0 Å². The van der Waals surface area contributed by atoms with Crippen molar-refractivity contribution in [1.29, 1.82) is 0 Å². The molecule has 6 heteroatoms. The highest BCUT2D eigenvalue weighted by Crippen LogP contribution is 2.44. The minimum Gasteiger partial charge on any atom is -0.422 e. The third kappa shape index (κ3) is 5.45. The Morgan fingerprint density at radius 3 is 2.60 bits per heavy atom. The summed E-state index contributed by atoms with van der Waals surface area (Å²) in [4.78, 5) is 2.70. The number of benzene rings is 1. The number of halogens is 1. The molecule has 1 saturated carbocycles. The van der Waals surface area contributed by atoms with E-state index in [1.54, 1.807) is 12.1 Å². The van der Waals surface area contributed by atoms with Gasteiger partial charge in [0.1, 0.15) is 5.82 Å². The fourth-order valence-electron chi connectivity index (χ4n) is 4.59. The number of piperidine rings is 1. The summed E-state index contributed by atoms with van der Waals surface area (Å²) in [5.41, 5.74) is 1.71. The lowest BCUT2D eigenvalue weighted by atomic mass is 9.84. The Morgan fingerprint density at radius 1 is 1.28 bits per heavy atom. The highest BCUT2D eigenvalue weighted by atomic mass is 32.1. The lowest BCUT2D eigenvalue weighted by molar-refractivity contribution is 0.137. The molecule has 1 heterocycles. The molecule has 2 aliphatic rings. The van der Waals surface area contributed by atoms with Gasteiger partial charge in [-0.05, 0) is 80.6 Å². The van der Waals surface area contributed by atoms with Crippen LogP contribution in [0, 0.1) is 11.2 Å². The summed E-state index contributed by atoms with van der Waals surface area (Å²) in [5, 5.41) is 0. The number of hydrogen-bond acceptors (Lipinski definition) is 3. The van der Waals surface area contributed by atoms with Crippen molar-refractivity contribution in [3.05, 3.63) is 35.6 Å². The molecule has 0 radical (unpaired) electrons. The average Bonchev–Trinajstić information content (AvgIpc) is 2.98. The van der Waals surface area contributed by atoms with Gasteiger partial charge >= 0.3 is 5.91 Å². The first-order valence-electron chi connectivity index (χ1n) is 9.50. The van der Waals surface area contributed by atoms with Crippen LogP contribution in [0.2, 0.25) is 0 Å². The van der Waals surface area contributed by atoms with E-state index >= 15 is 0 Å². The summed E-state index contributed by atoms with van der Waals surface area (Å²) in [5.74, 6) is 0.403. The highest BCUT2D eigenvalue weighted by molar-refractivity contribution is 8.23. The fraction of sp³-hybridized carbons (Fsp3) is 0.684. The molecular weight excluding hydrogens is 351 g/mol. The van der Waals surface area contributed by atoms with Crippen molar-refractivity contribution in [2.45, 2.75) is 57.4 Å². The second kappa shape index (κ2) is 8.74. The summed E-state index contributed by atoms with van der Waals surface area (Å²) in [6.07, 6.45) is 7.40. The van der Waals surface area contributed by atoms with Gasteiger partial charge < -0.3 is 9.55 Å². The molecule has 0 aromatic heterocycles. The number of hydrogen-bond donors (Lipinski definition) is 1. The van der Waals surface area contributed by atoms with E-state index in [0.717, 1.165) is 19.1 Å². The first-order chi connectivity index (χ1) is 12.0. The molecule has 3 atom stereocenters. The maximum absolute atomic E-state index is 13.1. The molecule has 2 fully saturated rings. The largest absolute Gasteiger partial charge is 0.422 e. The zero-order valence-corrected chi connectivity index (χ0v) is 17.2. The molecule has 3 unspecified atom stereocenters. The lowest BCUT2D eigenvalue weighted by Gasteiger charge is -2.37. The lowest BCUT2D eigenvalue weighted by Crippen LogP contribution is -2.40. The van der Waals surface area contributed by atoms with E-state index in [-0.39, 0.29) is 11.7 Å². The molecule has 3 rings (SSSR count). The van der Waals surface area contributed by atoms with Gasteiger partial charge in [0.25, 0.3) is 0 Å². The van der Waals surface area contributed by atoms with Crippen molar-refractivity contribution in [2.24, 2.45) is 5.41 Å². The maximum atomic E-state index is 13.1. The van der Waals surface area contributed by atoms with Gasteiger partial charge in [0.15, 0.2) is 0 Å². The van der Waals surface area contributed by atoms with Crippen LogP contribution in [0.15, 0.2) is 24.3 Å². The number of likely N-dealkylation sites (tertiary alicyclic amines) is 1. The van der Waals surface area contributed by atoms with E-state index in [0.29, 0.717) is 11.3 Å². The van der Waals surface area contributed by atoms with Crippen LogP contribution in [-0.2, 0) is 4.65 Å². The van der Waals surface area contributed by atoms with Crippen LogP contribution in [0.3, 0.4) is 0 Å². The Bertz CT molecular complexity index is 553. The molecule has 0 N–H and O–H groups in total. The van der Waals surface area contributed by atoms with Crippen molar-refractivity contribution in [3.63, 3.8) is 0 Å². The van der Waals surface area contributed by atoms with E-state index in [1.807, 2.05) is 12.1 Å². The second-order valence-electron chi connectivity index (χ2n) is 8.08. The summed E-state index contributed by atoms with van der Waals surface area (Å²) in [6.45, 7) is 5.55. The van der Waals surface area contributed by atoms with Crippen LogP contribution < -0.4 is 0 Å². The maximum Gasteiger partial charge on any atom is 0.380 e. The van der Waals surface area contributed by atoms with Gasteiger partial charge in [0.05, 0.1) is 0 Å². The number of rotatable bonds is 6. The third-order valence-electron chi connectivity index (χ3n) is 6.19. The van der Waals surface area contributed by atoms with E-state index in [2.05, 4.69) is 33.4 Å². The average molecular weight is 381 g/mol. The van der Waals surface area contributed by atoms with Crippen LogP contribution in [0.4, 0.5) is 4.39 Å². The summed E-state index contributed by atoms with van der Waals surface area (Å²) in [7, 11) is 2.57. The Labute approximate surface area is 159 Å². The smallest absolute Gasteiger partial charge is 0.380 e. The fourth-order valence-corrected chi connectivity index (χ4v) is 4.83.